The highest BCUT2D eigenvalue weighted by atomic mass is 35.5. The monoisotopic (exact) mass is 443 g/mol. The van der Waals surface area contributed by atoms with Crippen LogP contribution >= 0.6 is 22.9 Å². The van der Waals surface area contributed by atoms with Crippen LogP contribution in [0.5, 0.6) is 0 Å². The maximum atomic E-state index is 13.7. The van der Waals surface area contributed by atoms with E-state index in [-0.39, 0.29) is 14.4 Å². The molecule has 5 nitrogen and oxygen atoms in total. The number of sulfonamides is 1. The van der Waals surface area contributed by atoms with Gasteiger partial charge in [-0.3, -0.25) is 9.40 Å². The zero-order chi connectivity index (χ0) is 19.9. The molecule has 13 heteroatoms. The molecule has 0 radical (unpaired) electrons. The Morgan fingerprint density at radius 3 is 2.15 bits per heavy atom. The first-order valence-corrected chi connectivity index (χ1v) is 9.60. The molecule has 144 valence electrons. The lowest BCUT2D eigenvalue weighted by Crippen LogP contribution is -2.14. The first kappa shape index (κ1) is 19.6. The molecule has 2 heterocycles. The van der Waals surface area contributed by atoms with Crippen molar-refractivity contribution in [3.05, 3.63) is 63.4 Å². The molecule has 0 aliphatic heterocycles. The van der Waals surface area contributed by atoms with E-state index in [2.05, 4.69) is 9.82 Å². The maximum absolute atomic E-state index is 13.7. The normalized spacial score (nSPS) is 11.8. The van der Waals surface area contributed by atoms with Crippen LogP contribution in [0.15, 0.2) is 28.6 Å². The van der Waals surface area contributed by atoms with Crippen molar-refractivity contribution in [2.24, 2.45) is 0 Å². The van der Waals surface area contributed by atoms with Gasteiger partial charge in [-0.15, -0.1) is 11.3 Å². The second-order valence-corrected chi connectivity index (χ2v) is 8.74. The van der Waals surface area contributed by atoms with Crippen LogP contribution in [-0.2, 0) is 16.6 Å². The summed E-state index contributed by atoms with van der Waals surface area (Å²) < 4.78 is 94.3. The van der Waals surface area contributed by atoms with Gasteiger partial charge in [-0.05, 0) is 12.1 Å². The van der Waals surface area contributed by atoms with Crippen LogP contribution in [0.4, 0.5) is 27.8 Å². The van der Waals surface area contributed by atoms with Crippen molar-refractivity contribution in [3.63, 3.8) is 0 Å². The molecule has 3 rings (SSSR count). The number of nitrogens with one attached hydrogen (secondary N) is 1. The molecule has 3 aromatic rings. The van der Waals surface area contributed by atoms with Gasteiger partial charge in [0.25, 0.3) is 10.0 Å². The molecule has 0 bridgehead atoms. The van der Waals surface area contributed by atoms with E-state index < -0.39 is 51.2 Å². The van der Waals surface area contributed by atoms with Gasteiger partial charge in [-0.1, -0.05) is 11.6 Å². The average Bonchev–Trinajstić information content (AvgIpc) is 3.24. The van der Waals surface area contributed by atoms with Crippen LogP contribution in [0.25, 0.3) is 0 Å². The van der Waals surface area contributed by atoms with Crippen molar-refractivity contribution in [1.29, 1.82) is 0 Å². The molecular weight excluding hydrogens is 437 g/mol. The van der Waals surface area contributed by atoms with Gasteiger partial charge in [0.15, 0.2) is 29.1 Å². The lowest BCUT2D eigenvalue weighted by Gasteiger charge is -2.08. The third kappa shape index (κ3) is 3.77. The van der Waals surface area contributed by atoms with Crippen molar-refractivity contribution >= 4 is 38.8 Å². The van der Waals surface area contributed by atoms with Gasteiger partial charge < -0.3 is 0 Å². The third-order valence-corrected chi connectivity index (χ3v) is 6.39. The zero-order valence-electron chi connectivity index (χ0n) is 12.8. The molecule has 0 amide bonds. The van der Waals surface area contributed by atoms with Crippen LogP contribution in [0, 0.1) is 29.1 Å². The standard InChI is InChI=1S/C14H7ClF5N3O2S2/c15-7-1-2-9(26-7)27(24,25)22-8-3-4-23(21-8)5-6-10(16)12(18)14(20)13(19)11(6)17/h1-4H,5H2,(H,21,22). The van der Waals surface area contributed by atoms with Gasteiger partial charge >= 0.3 is 0 Å². The van der Waals surface area contributed by atoms with Crippen molar-refractivity contribution < 1.29 is 30.4 Å². The first-order valence-electron chi connectivity index (χ1n) is 6.92. The van der Waals surface area contributed by atoms with Gasteiger partial charge in [0, 0.05) is 12.3 Å². The second-order valence-electron chi connectivity index (χ2n) is 5.11. The van der Waals surface area contributed by atoms with Gasteiger partial charge in [-0.2, -0.15) is 5.10 Å². The lowest BCUT2D eigenvalue weighted by molar-refractivity contribution is 0.367. The predicted octanol–water partition coefficient (Wildman–Crippen LogP) is 4.14. The second kappa shape index (κ2) is 7.09. The minimum atomic E-state index is -4.00. The van der Waals surface area contributed by atoms with Crippen LogP contribution in [0.1, 0.15) is 5.56 Å². The van der Waals surface area contributed by atoms with Crippen molar-refractivity contribution in [3.8, 4) is 0 Å². The minimum absolute atomic E-state index is 0.0955. The Bertz CT molecular complexity index is 1100. The summed E-state index contributed by atoms with van der Waals surface area (Å²) in [5.74, 6) is -10.6. The summed E-state index contributed by atoms with van der Waals surface area (Å²) in [6.45, 7) is -0.807. The third-order valence-electron chi connectivity index (χ3n) is 3.31. The summed E-state index contributed by atoms with van der Waals surface area (Å²) in [7, 11) is -4.00. The zero-order valence-corrected chi connectivity index (χ0v) is 15.2. The number of thiophene rings is 1. The predicted molar refractivity (Wildman–Crippen MR) is 87.7 cm³/mol. The van der Waals surface area contributed by atoms with E-state index in [9.17, 15) is 30.4 Å². The van der Waals surface area contributed by atoms with E-state index in [1.54, 1.807) is 0 Å². The summed E-state index contributed by atoms with van der Waals surface area (Å²) >= 11 is 6.47. The molecule has 0 aliphatic rings. The minimum Gasteiger partial charge on any atom is -0.266 e. The number of anilines is 1. The number of halogens is 6. The Morgan fingerprint density at radius 2 is 1.59 bits per heavy atom. The average molecular weight is 444 g/mol. The van der Waals surface area contributed by atoms with E-state index in [1.165, 1.54) is 12.1 Å². The molecule has 0 atom stereocenters. The molecule has 0 fully saturated rings. The fraction of sp³-hybridized carbons (Fsp3) is 0.0714. The molecule has 0 aliphatic carbocycles. The Morgan fingerprint density at radius 1 is 1.00 bits per heavy atom. The Balaban J connectivity index is 1.86. The Hall–Kier alpha value is -2.18. The summed E-state index contributed by atoms with van der Waals surface area (Å²) in [5, 5.41) is 3.71. The molecular formula is C14H7ClF5N3O2S2. The van der Waals surface area contributed by atoms with Gasteiger partial charge in [0.1, 0.15) is 4.21 Å². The maximum Gasteiger partial charge on any atom is 0.272 e. The highest BCUT2D eigenvalue weighted by Crippen LogP contribution is 2.27. The number of nitrogens with zero attached hydrogens (tertiary/aromatic N) is 2. The molecule has 1 aromatic carbocycles. The molecule has 2 aromatic heterocycles. The number of benzene rings is 1. The summed E-state index contributed by atoms with van der Waals surface area (Å²) in [5.41, 5.74) is -1.10. The SMILES string of the molecule is O=S(=O)(Nc1ccn(Cc2c(F)c(F)c(F)c(F)c2F)n1)c1ccc(Cl)s1. The van der Waals surface area contributed by atoms with E-state index in [4.69, 9.17) is 11.6 Å². The molecule has 0 saturated carbocycles. The van der Waals surface area contributed by atoms with Gasteiger partial charge in [0.2, 0.25) is 5.82 Å². The fourth-order valence-electron chi connectivity index (χ4n) is 2.09. The first-order chi connectivity index (χ1) is 12.6. The van der Waals surface area contributed by atoms with Gasteiger partial charge in [0.05, 0.1) is 16.4 Å². The number of hydrogen-bond donors (Lipinski definition) is 1. The highest BCUT2D eigenvalue weighted by Gasteiger charge is 2.26. The van der Waals surface area contributed by atoms with Crippen molar-refractivity contribution in [2.75, 3.05) is 4.72 Å². The molecule has 0 spiro atoms. The number of hydrogen-bond acceptors (Lipinski definition) is 4. The van der Waals surface area contributed by atoms with E-state index >= 15 is 0 Å². The fourth-order valence-corrected chi connectivity index (χ4v) is 4.56. The number of rotatable bonds is 5. The topological polar surface area (TPSA) is 64.0 Å². The molecule has 1 N–H and O–H groups in total. The Kier molecular flexibility index (Phi) is 5.14. The van der Waals surface area contributed by atoms with E-state index in [1.807, 2.05) is 0 Å². The van der Waals surface area contributed by atoms with E-state index in [0.717, 1.165) is 28.3 Å². The molecule has 0 saturated heterocycles. The summed E-state index contributed by atoms with van der Waals surface area (Å²) in [6, 6.07) is 3.79. The quantitative estimate of drug-likeness (QED) is 0.366. The van der Waals surface area contributed by atoms with Gasteiger partial charge in [-0.25, -0.2) is 30.4 Å². The van der Waals surface area contributed by atoms with Crippen LogP contribution in [-0.4, -0.2) is 18.2 Å². The van der Waals surface area contributed by atoms with E-state index in [0.29, 0.717) is 0 Å². The highest BCUT2D eigenvalue weighted by molar-refractivity contribution is 7.94. The Labute approximate surface area is 158 Å². The van der Waals surface area contributed by atoms with Crippen LogP contribution < -0.4 is 4.72 Å². The van der Waals surface area contributed by atoms with Crippen LogP contribution in [0.3, 0.4) is 0 Å². The number of aromatic nitrogens is 2. The smallest absolute Gasteiger partial charge is 0.266 e. The largest absolute Gasteiger partial charge is 0.272 e. The summed E-state index contributed by atoms with van der Waals surface area (Å²) in [6.07, 6.45) is 1.11. The lowest BCUT2D eigenvalue weighted by atomic mass is 10.1. The molecule has 27 heavy (non-hydrogen) atoms. The van der Waals surface area contributed by atoms with Crippen molar-refractivity contribution in [1.82, 2.24) is 9.78 Å². The summed E-state index contributed by atoms with van der Waals surface area (Å²) in [4.78, 5) is 0. The van der Waals surface area contributed by atoms with Crippen molar-refractivity contribution in [2.45, 2.75) is 10.8 Å². The molecule has 0 unspecified atom stereocenters. The van der Waals surface area contributed by atoms with Crippen LogP contribution in [0.2, 0.25) is 4.34 Å².